The quantitative estimate of drug-likeness (QED) is 0.830. The molecule has 4 heteroatoms. The van der Waals surface area contributed by atoms with Gasteiger partial charge in [-0.25, -0.2) is 0 Å². The molecule has 82 valence electrons. The molecule has 0 amide bonds. The van der Waals surface area contributed by atoms with Gasteiger partial charge >= 0.3 is 0 Å². The third-order valence-electron chi connectivity index (χ3n) is 3.29. The summed E-state index contributed by atoms with van der Waals surface area (Å²) in [4.78, 5) is 0. The van der Waals surface area contributed by atoms with E-state index in [1.54, 1.807) is 0 Å². The lowest BCUT2D eigenvalue weighted by atomic mass is 9.86. The topological polar surface area (TPSA) is 37.8 Å². The van der Waals surface area contributed by atoms with Gasteiger partial charge in [-0.3, -0.25) is 0 Å². The summed E-state index contributed by atoms with van der Waals surface area (Å²) in [6, 6.07) is 0.809. The van der Waals surface area contributed by atoms with Crippen LogP contribution in [0, 0.1) is 0 Å². The molecule has 2 fully saturated rings. The number of aromatic nitrogens is 2. The van der Waals surface area contributed by atoms with Gasteiger partial charge in [0.15, 0.2) is 0 Å². The Bertz CT molecular complexity index is 328. The summed E-state index contributed by atoms with van der Waals surface area (Å²) in [5.41, 5.74) is 0. The van der Waals surface area contributed by atoms with Crippen molar-refractivity contribution in [1.29, 1.82) is 0 Å². The molecule has 1 aromatic heterocycles. The molecule has 0 saturated heterocycles. The molecule has 2 aliphatic carbocycles. The van der Waals surface area contributed by atoms with Crippen LogP contribution in [0.4, 0.5) is 0 Å². The highest BCUT2D eigenvalue weighted by molar-refractivity contribution is 7.11. The van der Waals surface area contributed by atoms with Crippen LogP contribution in [0.15, 0.2) is 0 Å². The van der Waals surface area contributed by atoms with Crippen molar-refractivity contribution < 1.29 is 0 Å². The Hall–Kier alpha value is -0.480. The maximum absolute atomic E-state index is 4.29. The fourth-order valence-electron chi connectivity index (χ4n) is 1.86. The van der Waals surface area contributed by atoms with E-state index >= 15 is 0 Å². The van der Waals surface area contributed by atoms with E-state index in [4.69, 9.17) is 0 Å². The maximum atomic E-state index is 4.29. The van der Waals surface area contributed by atoms with Gasteiger partial charge in [0.05, 0.1) is 0 Å². The monoisotopic (exact) mass is 223 g/mol. The molecule has 1 aromatic rings. The molecule has 0 aliphatic heterocycles. The van der Waals surface area contributed by atoms with E-state index in [0.29, 0.717) is 0 Å². The minimum absolute atomic E-state index is 0.743. The van der Waals surface area contributed by atoms with Crippen molar-refractivity contribution >= 4 is 11.3 Å². The summed E-state index contributed by atoms with van der Waals surface area (Å²) in [5.74, 6) is 0.743. The average Bonchev–Trinajstić information content (AvgIpc) is 2.85. The van der Waals surface area contributed by atoms with Gasteiger partial charge < -0.3 is 5.32 Å². The van der Waals surface area contributed by atoms with Gasteiger partial charge in [0.25, 0.3) is 0 Å². The van der Waals surface area contributed by atoms with Crippen molar-refractivity contribution in [3.63, 3.8) is 0 Å². The summed E-state index contributed by atoms with van der Waals surface area (Å²) < 4.78 is 0. The summed E-state index contributed by atoms with van der Waals surface area (Å²) in [5, 5.41) is 14.6. The van der Waals surface area contributed by atoms with E-state index in [2.05, 4.69) is 15.5 Å². The van der Waals surface area contributed by atoms with Crippen LogP contribution >= 0.6 is 11.3 Å². The molecule has 1 heterocycles. The molecule has 3 rings (SSSR count). The molecule has 0 radical (unpaired) electrons. The zero-order chi connectivity index (χ0) is 10.1. The van der Waals surface area contributed by atoms with Crippen LogP contribution in [0.3, 0.4) is 0 Å². The SMILES string of the molecule is C1CC(c2nnc(CCNC3CC3)s2)C1. The second-order valence-corrected chi connectivity index (χ2v) is 5.73. The van der Waals surface area contributed by atoms with Crippen molar-refractivity contribution in [1.82, 2.24) is 15.5 Å². The standard InChI is InChI=1S/C11H17N3S/c1-2-8(3-1)11-14-13-10(15-11)6-7-12-9-4-5-9/h8-9,12H,1-7H2. The van der Waals surface area contributed by atoms with Gasteiger partial charge in [-0.05, 0) is 25.7 Å². The lowest BCUT2D eigenvalue weighted by Gasteiger charge is -2.21. The lowest BCUT2D eigenvalue weighted by Crippen LogP contribution is -2.19. The van der Waals surface area contributed by atoms with E-state index in [1.807, 2.05) is 11.3 Å². The summed E-state index contributed by atoms with van der Waals surface area (Å²) in [6.45, 7) is 1.07. The van der Waals surface area contributed by atoms with E-state index in [0.717, 1.165) is 24.9 Å². The van der Waals surface area contributed by atoms with E-state index in [9.17, 15) is 0 Å². The molecule has 15 heavy (non-hydrogen) atoms. The zero-order valence-corrected chi connectivity index (χ0v) is 9.72. The van der Waals surface area contributed by atoms with Crippen molar-refractivity contribution in [3.05, 3.63) is 10.0 Å². The van der Waals surface area contributed by atoms with Crippen molar-refractivity contribution in [2.75, 3.05) is 6.54 Å². The van der Waals surface area contributed by atoms with Gasteiger partial charge in [-0.1, -0.05) is 6.42 Å². The number of hydrogen-bond acceptors (Lipinski definition) is 4. The Morgan fingerprint density at radius 2 is 2.07 bits per heavy atom. The van der Waals surface area contributed by atoms with Gasteiger partial charge in [-0.15, -0.1) is 21.5 Å². The average molecular weight is 223 g/mol. The highest BCUT2D eigenvalue weighted by Crippen LogP contribution is 2.37. The van der Waals surface area contributed by atoms with Crippen LogP contribution in [0.5, 0.6) is 0 Å². The minimum atomic E-state index is 0.743. The summed E-state index contributed by atoms with van der Waals surface area (Å²) in [6.07, 6.45) is 7.82. The Labute approximate surface area is 94.3 Å². The zero-order valence-electron chi connectivity index (χ0n) is 8.91. The van der Waals surface area contributed by atoms with Crippen LogP contribution in [0.2, 0.25) is 0 Å². The molecule has 0 aromatic carbocycles. The maximum Gasteiger partial charge on any atom is 0.120 e. The van der Waals surface area contributed by atoms with Crippen molar-refractivity contribution in [2.24, 2.45) is 0 Å². The Balaban J connectivity index is 1.48. The highest BCUT2D eigenvalue weighted by atomic mass is 32.1. The molecule has 2 aliphatic rings. The van der Waals surface area contributed by atoms with Crippen molar-refractivity contribution in [3.8, 4) is 0 Å². The Morgan fingerprint density at radius 1 is 1.20 bits per heavy atom. The fourth-order valence-corrected chi connectivity index (χ4v) is 2.87. The van der Waals surface area contributed by atoms with E-state index < -0.39 is 0 Å². The van der Waals surface area contributed by atoms with Crippen molar-refractivity contribution in [2.45, 2.75) is 50.5 Å². The molecule has 2 saturated carbocycles. The van der Waals surface area contributed by atoms with Crippen LogP contribution < -0.4 is 5.32 Å². The van der Waals surface area contributed by atoms with Gasteiger partial charge in [-0.2, -0.15) is 0 Å². The largest absolute Gasteiger partial charge is 0.314 e. The normalized spacial score (nSPS) is 21.6. The van der Waals surface area contributed by atoms with Gasteiger partial charge in [0.1, 0.15) is 10.0 Å². The molecule has 0 unspecified atom stereocenters. The van der Waals surface area contributed by atoms with Gasteiger partial charge in [0.2, 0.25) is 0 Å². The third kappa shape index (κ3) is 2.37. The number of rotatable bonds is 5. The fraction of sp³-hybridized carbons (Fsp3) is 0.818. The molecule has 3 nitrogen and oxygen atoms in total. The number of hydrogen-bond donors (Lipinski definition) is 1. The Morgan fingerprint density at radius 3 is 2.73 bits per heavy atom. The molecule has 0 atom stereocenters. The number of nitrogens with one attached hydrogen (secondary N) is 1. The first kappa shape index (κ1) is 9.73. The van der Waals surface area contributed by atoms with Crippen LogP contribution in [-0.4, -0.2) is 22.8 Å². The molecule has 0 bridgehead atoms. The van der Waals surface area contributed by atoms with E-state index in [1.165, 1.54) is 42.1 Å². The molecular weight excluding hydrogens is 206 g/mol. The Kier molecular flexibility index (Phi) is 2.71. The first-order valence-corrected chi connectivity index (χ1v) is 6.79. The lowest BCUT2D eigenvalue weighted by molar-refractivity contribution is 0.416. The summed E-state index contributed by atoms with van der Waals surface area (Å²) in [7, 11) is 0. The first-order valence-electron chi connectivity index (χ1n) is 5.97. The number of nitrogens with zero attached hydrogens (tertiary/aromatic N) is 2. The van der Waals surface area contributed by atoms with Crippen LogP contribution in [0.1, 0.15) is 48.0 Å². The summed E-state index contributed by atoms with van der Waals surface area (Å²) >= 11 is 1.83. The molecular formula is C11H17N3S. The van der Waals surface area contributed by atoms with Crippen LogP contribution in [0.25, 0.3) is 0 Å². The highest BCUT2D eigenvalue weighted by Gasteiger charge is 2.23. The van der Waals surface area contributed by atoms with E-state index in [-0.39, 0.29) is 0 Å². The smallest absolute Gasteiger partial charge is 0.120 e. The molecule has 1 N–H and O–H groups in total. The first-order chi connectivity index (χ1) is 7.42. The van der Waals surface area contributed by atoms with Gasteiger partial charge in [0, 0.05) is 24.9 Å². The predicted molar refractivity (Wildman–Crippen MR) is 61.2 cm³/mol. The minimum Gasteiger partial charge on any atom is -0.314 e. The second-order valence-electron chi connectivity index (χ2n) is 4.64. The predicted octanol–water partition coefficient (Wildman–Crippen LogP) is 2.10. The van der Waals surface area contributed by atoms with Crippen LogP contribution in [-0.2, 0) is 6.42 Å². The third-order valence-corrected chi connectivity index (χ3v) is 4.43. The second kappa shape index (κ2) is 4.18. The molecule has 0 spiro atoms.